The van der Waals surface area contributed by atoms with Crippen molar-refractivity contribution in [3.8, 4) is 0 Å². The van der Waals surface area contributed by atoms with E-state index in [2.05, 4.69) is 11.6 Å². The van der Waals surface area contributed by atoms with E-state index in [1.807, 2.05) is 0 Å². The van der Waals surface area contributed by atoms with Crippen LogP contribution in [0.4, 0.5) is 0 Å². The Hall–Kier alpha value is -1.00. The van der Waals surface area contributed by atoms with Crippen molar-refractivity contribution < 1.29 is 21.7 Å². The van der Waals surface area contributed by atoms with Gasteiger partial charge in [-0.25, -0.2) is 21.6 Å². The lowest BCUT2D eigenvalue weighted by atomic mass is 9.99. The first-order valence-corrected chi connectivity index (χ1v) is 13.1. The van der Waals surface area contributed by atoms with Gasteiger partial charge >= 0.3 is 0 Å². The summed E-state index contributed by atoms with van der Waals surface area (Å²) < 4.78 is 54.1. The Morgan fingerprint density at radius 1 is 1.00 bits per heavy atom. The third kappa shape index (κ3) is 5.33. The third-order valence-electron chi connectivity index (χ3n) is 5.82. The summed E-state index contributed by atoms with van der Waals surface area (Å²) in [6.07, 6.45) is 5.02. The Bertz CT molecular complexity index is 840. The maximum Gasteiger partial charge on any atom is 0.243 e. The minimum absolute atomic E-state index is 0.104. The molecule has 2 saturated heterocycles. The summed E-state index contributed by atoms with van der Waals surface area (Å²) in [4.78, 5) is 1.80. The van der Waals surface area contributed by atoms with Crippen molar-refractivity contribution in [3.63, 3.8) is 0 Å². The average molecular weight is 431 g/mol. The zero-order valence-electron chi connectivity index (χ0n) is 16.6. The molecular formula is C19H32N3O4S2+. The topological polar surface area (TPSA) is 88.0 Å². The maximum absolute atomic E-state index is 12.5. The van der Waals surface area contributed by atoms with Crippen molar-refractivity contribution in [2.24, 2.45) is 5.92 Å². The number of hydrogen-bond acceptors (Lipinski definition) is 4. The van der Waals surface area contributed by atoms with Crippen molar-refractivity contribution in [2.45, 2.75) is 48.8 Å². The van der Waals surface area contributed by atoms with Gasteiger partial charge in [0, 0.05) is 26.1 Å². The predicted molar refractivity (Wildman–Crippen MR) is 108 cm³/mol. The number of nitrogens with zero attached hydrogens (tertiary/aromatic N) is 1. The molecule has 0 amide bonds. The van der Waals surface area contributed by atoms with Gasteiger partial charge in [-0.15, -0.1) is 0 Å². The quantitative estimate of drug-likeness (QED) is 0.587. The van der Waals surface area contributed by atoms with Gasteiger partial charge in [-0.3, -0.25) is 0 Å². The number of sulfonamides is 2. The van der Waals surface area contributed by atoms with E-state index in [1.165, 1.54) is 54.5 Å². The zero-order chi connectivity index (χ0) is 20.2. The van der Waals surface area contributed by atoms with Crippen LogP contribution in [0.15, 0.2) is 34.1 Å². The van der Waals surface area contributed by atoms with Crippen molar-refractivity contribution >= 4 is 20.0 Å². The van der Waals surface area contributed by atoms with Gasteiger partial charge in [-0.05, 0) is 55.9 Å². The fourth-order valence-corrected chi connectivity index (χ4v) is 6.51. The van der Waals surface area contributed by atoms with E-state index in [9.17, 15) is 16.8 Å². The zero-order valence-corrected chi connectivity index (χ0v) is 18.2. The lowest BCUT2D eigenvalue weighted by Gasteiger charge is -2.27. The van der Waals surface area contributed by atoms with Crippen molar-refractivity contribution in [1.82, 2.24) is 9.03 Å². The Balaban J connectivity index is 1.52. The third-order valence-corrected chi connectivity index (χ3v) is 9.21. The van der Waals surface area contributed by atoms with Crippen LogP contribution in [-0.2, 0) is 20.0 Å². The van der Waals surface area contributed by atoms with Gasteiger partial charge in [-0.1, -0.05) is 6.92 Å². The summed E-state index contributed by atoms with van der Waals surface area (Å²) in [5.41, 5.74) is 0. The van der Waals surface area contributed by atoms with Crippen LogP contribution in [0.1, 0.15) is 39.0 Å². The molecule has 0 radical (unpaired) electrons. The summed E-state index contributed by atoms with van der Waals surface area (Å²) in [5.74, 6) is 0.805. The highest BCUT2D eigenvalue weighted by molar-refractivity contribution is 7.89. The monoisotopic (exact) mass is 430 g/mol. The van der Waals surface area contributed by atoms with Gasteiger partial charge in [0.2, 0.25) is 20.0 Å². The number of quaternary nitrogens is 1. The predicted octanol–water partition coefficient (Wildman–Crippen LogP) is 0.454. The van der Waals surface area contributed by atoms with Gasteiger partial charge in [0.1, 0.15) is 0 Å². The molecule has 2 heterocycles. The van der Waals surface area contributed by atoms with E-state index in [-0.39, 0.29) is 9.79 Å². The fraction of sp³-hybridized carbons (Fsp3) is 0.684. The first-order chi connectivity index (χ1) is 13.3. The number of piperidine rings is 1. The second kappa shape index (κ2) is 9.21. The number of nitrogens with one attached hydrogen (secondary N) is 2. The molecule has 0 bridgehead atoms. The Labute approximate surface area is 169 Å². The van der Waals surface area contributed by atoms with Crippen LogP contribution in [0.3, 0.4) is 0 Å². The minimum atomic E-state index is -3.62. The van der Waals surface area contributed by atoms with Crippen LogP contribution in [0.5, 0.6) is 0 Å². The van der Waals surface area contributed by atoms with Crippen molar-refractivity contribution in [2.75, 3.05) is 39.3 Å². The van der Waals surface area contributed by atoms with Crippen LogP contribution in [-0.4, -0.2) is 60.4 Å². The van der Waals surface area contributed by atoms with Gasteiger partial charge in [-0.2, -0.15) is 4.31 Å². The SMILES string of the molecule is CC1CC[NH+](CCCNS(=O)(=O)c2ccc(S(=O)(=O)N3CCCC3)cc2)CC1. The Kier molecular flexibility index (Phi) is 7.14. The highest BCUT2D eigenvalue weighted by Crippen LogP contribution is 2.22. The summed E-state index contributed by atoms with van der Waals surface area (Å²) in [5, 5.41) is 0. The lowest BCUT2D eigenvalue weighted by molar-refractivity contribution is -0.906. The van der Waals surface area contributed by atoms with Gasteiger partial charge in [0.15, 0.2) is 0 Å². The average Bonchev–Trinajstić information content (AvgIpc) is 3.22. The molecule has 0 aliphatic carbocycles. The van der Waals surface area contributed by atoms with Crippen molar-refractivity contribution in [3.05, 3.63) is 24.3 Å². The summed E-state index contributed by atoms with van der Waals surface area (Å²) in [7, 11) is -7.14. The fourth-order valence-electron chi connectivity index (χ4n) is 3.92. The molecule has 0 saturated carbocycles. The number of hydrogen-bond donors (Lipinski definition) is 2. The van der Waals surface area contributed by atoms with Crippen LogP contribution >= 0.6 is 0 Å². The number of likely N-dealkylation sites (tertiary alicyclic amines) is 1. The lowest BCUT2D eigenvalue weighted by Crippen LogP contribution is -3.13. The molecule has 0 spiro atoms. The van der Waals surface area contributed by atoms with Crippen molar-refractivity contribution in [1.29, 1.82) is 0 Å². The second-order valence-electron chi connectivity index (χ2n) is 8.02. The second-order valence-corrected chi connectivity index (χ2v) is 11.7. The van der Waals surface area contributed by atoms with E-state index in [0.717, 1.165) is 31.7 Å². The van der Waals surface area contributed by atoms with Crippen LogP contribution in [0.25, 0.3) is 0 Å². The molecule has 0 unspecified atom stereocenters. The molecule has 7 nitrogen and oxygen atoms in total. The normalized spacial score (nSPS) is 24.5. The number of rotatable bonds is 8. The van der Waals surface area contributed by atoms with Crippen LogP contribution in [0, 0.1) is 5.92 Å². The van der Waals surface area contributed by atoms with E-state index < -0.39 is 20.0 Å². The molecule has 9 heteroatoms. The first kappa shape index (κ1) is 21.7. The molecule has 3 rings (SSSR count). The smallest absolute Gasteiger partial charge is 0.243 e. The van der Waals surface area contributed by atoms with Gasteiger partial charge in [0.25, 0.3) is 0 Å². The molecule has 0 aromatic heterocycles. The van der Waals surface area contributed by atoms with Crippen LogP contribution in [0.2, 0.25) is 0 Å². The largest absolute Gasteiger partial charge is 0.335 e. The molecular weight excluding hydrogens is 398 g/mol. The summed E-state index contributed by atoms with van der Waals surface area (Å²) >= 11 is 0. The van der Waals surface area contributed by atoms with Gasteiger partial charge in [0.05, 0.1) is 29.4 Å². The van der Waals surface area contributed by atoms with Gasteiger partial charge < -0.3 is 4.90 Å². The molecule has 0 atom stereocenters. The van der Waals surface area contributed by atoms with Crippen LogP contribution < -0.4 is 9.62 Å². The Morgan fingerprint density at radius 3 is 2.18 bits per heavy atom. The van der Waals surface area contributed by atoms with E-state index >= 15 is 0 Å². The highest BCUT2D eigenvalue weighted by Gasteiger charge is 2.27. The molecule has 2 aliphatic heterocycles. The van der Waals surface area contributed by atoms with E-state index in [4.69, 9.17) is 0 Å². The van der Waals surface area contributed by atoms with E-state index in [0.29, 0.717) is 19.6 Å². The highest BCUT2D eigenvalue weighted by atomic mass is 32.2. The standard InChI is InChI=1S/C19H31N3O4S2/c1-17-9-15-21(16-10-17)12-4-11-20-27(23,24)18-5-7-19(8-6-18)28(25,26)22-13-2-3-14-22/h5-8,17,20H,2-4,9-16H2,1H3/p+1. The van der Waals surface area contributed by atoms with E-state index in [1.54, 1.807) is 4.90 Å². The minimum Gasteiger partial charge on any atom is -0.335 e. The summed E-state index contributed by atoms with van der Waals surface area (Å²) in [6.45, 7) is 7.05. The Morgan fingerprint density at radius 2 is 1.57 bits per heavy atom. The molecule has 28 heavy (non-hydrogen) atoms. The molecule has 1 aromatic rings. The maximum atomic E-state index is 12.5. The summed E-state index contributed by atoms with van der Waals surface area (Å²) in [6, 6.07) is 5.54. The number of benzene rings is 1. The molecule has 2 aliphatic rings. The first-order valence-electron chi connectivity index (χ1n) is 10.2. The molecule has 2 N–H and O–H groups in total. The molecule has 1 aromatic carbocycles. The molecule has 158 valence electrons. The molecule has 2 fully saturated rings.